The molecule has 1 aromatic heterocycles. The molecule has 0 aliphatic carbocycles. The Morgan fingerprint density at radius 2 is 1.76 bits per heavy atom. The largest absolute Gasteiger partial charge is 0.326 e. The van der Waals surface area contributed by atoms with Gasteiger partial charge in [0.15, 0.2) is 0 Å². The quantitative estimate of drug-likeness (QED) is 0.877. The molecular formula is C15H19N3O2S. The summed E-state index contributed by atoms with van der Waals surface area (Å²) in [6.07, 6.45) is 3.31. The SMILES string of the molecule is CN(Cc1ccncc1)S(=O)(=O)Cc1cccc(CN)c1. The molecule has 0 unspecified atom stereocenters. The maximum Gasteiger partial charge on any atom is 0.218 e. The van der Waals surface area contributed by atoms with Gasteiger partial charge in [-0.15, -0.1) is 0 Å². The van der Waals surface area contributed by atoms with Gasteiger partial charge in [-0.2, -0.15) is 0 Å². The fraction of sp³-hybridized carbons (Fsp3) is 0.267. The van der Waals surface area contributed by atoms with E-state index in [1.54, 1.807) is 37.6 Å². The van der Waals surface area contributed by atoms with Crippen LogP contribution in [0, 0.1) is 0 Å². The minimum absolute atomic E-state index is 0.0254. The lowest BCUT2D eigenvalue weighted by molar-refractivity contribution is 0.465. The van der Waals surface area contributed by atoms with E-state index >= 15 is 0 Å². The number of benzene rings is 1. The standard InChI is InChI=1S/C15H19N3O2S/c1-18(11-13-5-7-17-8-6-13)21(19,20)12-15-4-2-3-14(9-15)10-16/h2-9H,10-12,16H2,1H3. The van der Waals surface area contributed by atoms with Crippen molar-refractivity contribution in [2.24, 2.45) is 5.73 Å². The van der Waals surface area contributed by atoms with Crippen molar-refractivity contribution in [1.29, 1.82) is 0 Å². The van der Waals surface area contributed by atoms with Gasteiger partial charge < -0.3 is 5.73 Å². The van der Waals surface area contributed by atoms with Crippen LogP contribution in [0.15, 0.2) is 48.8 Å². The van der Waals surface area contributed by atoms with E-state index in [0.717, 1.165) is 16.7 Å². The van der Waals surface area contributed by atoms with Crippen LogP contribution in [0.3, 0.4) is 0 Å². The molecule has 0 atom stereocenters. The van der Waals surface area contributed by atoms with E-state index in [4.69, 9.17) is 5.73 Å². The number of hydrogen-bond donors (Lipinski definition) is 1. The van der Waals surface area contributed by atoms with E-state index in [2.05, 4.69) is 4.98 Å². The highest BCUT2D eigenvalue weighted by atomic mass is 32.2. The second-order valence-electron chi connectivity index (χ2n) is 4.89. The van der Waals surface area contributed by atoms with Crippen LogP contribution in [-0.4, -0.2) is 24.8 Å². The molecule has 6 heteroatoms. The van der Waals surface area contributed by atoms with Gasteiger partial charge >= 0.3 is 0 Å². The van der Waals surface area contributed by atoms with E-state index in [9.17, 15) is 8.42 Å². The molecule has 0 bridgehead atoms. The molecule has 0 fully saturated rings. The van der Waals surface area contributed by atoms with E-state index in [1.165, 1.54) is 4.31 Å². The molecule has 0 radical (unpaired) electrons. The maximum atomic E-state index is 12.4. The van der Waals surface area contributed by atoms with Crippen LogP contribution < -0.4 is 5.73 Å². The summed E-state index contributed by atoms with van der Waals surface area (Å²) in [4.78, 5) is 3.92. The lowest BCUT2D eigenvalue weighted by Crippen LogP contribution is -2.27. The summed E-state index contributed by atoms with van der Waals surface area (Å²) in [5.41, 5.74) is 8.17. The summed E-state index contributed by atoms with van der Waals surface area (Å²) >= 11 is 0. The summed E-state index contributed by atoms with van der Waals surface area (Å²) in [5, 5.41) is 0. The van der Waals surface area contributed by atoms with Gasteiger partial charge in [-0.05, 0) is 28.8 Å². The zero-order valence-electron chi connectivity index (χ0n) is 11.9. The van der Waals surface area contributed by atoms with Crippen molar-refractivity contribution in [1.82, 2.24) is 9.29 Å². The summed E-state index contributed by atoms with van der Waals surface area (Å²) in [6, 6.07) is 11.0. The topological polar surface area (TPSA) is 76.3 Å². The van der Waals surface area contributed by atoms with E-state index in [1.807, 2.05) is 18.2 Å². The highest BCUT2D eigenvalue weighted by Crippen LogP contribution is 2.13. The number of aromatic nitrogens is 1. The summed E-state index contributed by atoms with van der Waals surface area (Å²) < 4.78 is 26.1. The van der Waals surface area contributed by atoms with Crippen molar-refractivity contribution >= 4 is 10.0 Å². The predicted molar refractivity (Wildman–Crippen MR) is 82.7 cm³/mol. The first-order valence-corrected chi connectivity index (χ1v) is 8.23. The summed E-state index contributed by atoms with van der Waals surface area (Å²) in [6.45, 7) is 0.738. The minimum Gasteiger partial charge on any atom is -0.326 e. The third-order valence-corrected chi connectivity index (χ3v) is 4.98. The molecule has 0 saturated heterocycles. The van der Waals surface area contributed by atoms with Crippen molar-refractivity contribution in [2.75, 3.05) is 7.05 Å². The maximum absolute atomic E-state index is 12.4. The molecule has 2 rings (SSSR count). The predicted octanol–water partition coefficient (Wildman–Crippen LogP) is 1.50. The van der Waals surface area contributed by atoms with Crippen molar-refractivity contribution in [3.63, 3.8) is 0 Å². The minimum atomic E-state index is -3.36. The number of pyridine rings is 1. The highest BCUT2D eigenvalue weighted by Gasteiger charge is 2.18. The molecule has 2 aromatic rings. The van der Waals surface area contributed by atoms with Crippen LogP contribution in [-0.2, 0) is 28.9 Å². The second kappa shape index (κ2) is 6.80. The average Bonchev–Trinajstić information content (AvgIpc) is 2.48. The highest BCUT2D eigenvalue weighted by molar-refractivity contribution is 7.88. The van der Waals surface area contributed by atoms with Crippen LogP contribution in [0.2, 0.25) is 0 Å². The van der Waals surface area contributed by atoms with Gasteiger partial charge in [-0.25, -0.2) is 12.7 Å². The molecule has 2 N–H and O–H groups in total. The number of hydrogen-bond acceptors (Lipinski definition) is 4. The summed E-state index contributed by atoms with van der Waals surface area (Å²) in [5.74, 6) is -0.0254. The first-order valence-electron chi connectivity index (χ1n) is 6.62. The van der Waals surface area contributed by atoms with Crippen LogP contribution in [0.5, 0.6) is 0 Å². The lowest BCUT2D eigenvalue weighted by atomic mass is 10.1. The molecule has 112 valence electrons. The second-order valence-corrected chi connectivity index (χ2v) is 6.97. The fourth-order valence-corrected chi connectivity index (χ4v) is 3.18. The Bertz CT molecular complexity index is 687. The Morgan fingerprint density at radius 1 is 1.10 bits per heavy atom. The summed E-state index contributed by atoms with van der Waals surface area (Å²) in [7, 11) is -1.78. The van der Waals surface area contributed by atoms with Crippen molar-refractivity contribution in [2.45, 2.75) is 18.8 Å². The van der Waals surface area contributed by atoms with E-state index in [-0.39, 0.29) is 5.75 Å². The van der Waals surface area contributed by atoms with Crippen LogP contribution in [0.25, 0.3) is 0 Å². The van der Waals surface area contributed by atoms with Gasteiger partial charge in [-0.3, -0.25) is 4.98 Å². The Hall–Kier alpha value is -1.76. The molecule has 0 saturated carbocycles. The monoisotopic (exact) mass is 305 g/mol. The molecule has 1 heterocycles. The van der Waals surface area contributed by atoms with E-state index < -0.39 is 10.0 Å². The van der Waals surface area contributed by atoms with Gasteiger partial charge in [0.05, 0.1) is 5.75 Å². The fourth-order valence-electron chi connectivity index (χ4n) is 2.01. The van der Waals surface area contributed by atoms with Crippen molar-refractivity contribution in [3.8, 4) is 0 Å². The molecule has 0 aliphatic rings. The third-order valence-electron chi connectivity index (χ3n) is 3.21. The molecule has 0 amide bonds. The Morgan fingerprint density at radius 3 is 2.43 bits per heavy atom. The Balaban J connectivity index is 2.10. The van der Waals surface area contributed by atoms with Gasteiger partial charge in [-0.1, -0.05) is 24.3 Å². The zero-order chi connectivity index (χ0) is 15.3. The molecule has 0 spiro atoms. The van der Waals surface area contributed by atoms with Gasteiger partial charge in [0.2, 0.25) is 10.0 Å². The average molecular weight is 305 g/mol. The van der Waals surface area contributed by atoms with Gasteiger partial charge in [0.25, 0.3) is 0 Å². The molecule has 5 nitrogen and oxygen atoms in total. The first kappa shape index (κ1) is 15.6. The van der Waals surface area contributed by atoms with Crippen LogP contribution >= 0.6 is 0 Å². The molecular weight excluding hydrogens is 286 g/mol. The van der Waals surface area contributed by atoms with Crippen molar-refractivity contribution < 1.29 is 8.42 Å². The number of nitrogens with two attached hydrogens (primary N) is 1. The van der Waals surface area contributed by atoms with Crippen LogP contribution in [0.1, 0.15) is 16.7 Å². The smallest absolute Gasteiger partial charge is 0.218 e. The Labute approximate surface area is 125 Å². The first-order chi connectivity index (χ1) is 10.0. The zero-order valence-corrected chi connectivity index (χ0v) is 12.8. The number of nitrogens with zero attached hydrogens (tertiary/aromatic N) is 2. The van der Waals surface area contributed by atoms with Crippen molar-refractivity contribution in [3.05, 3.63) is 65.5 Å². The van der Waals surface area contributed by atoms with Gasteiger partial charge in [0.1, 0.15) is 0 Å². The van der Waals surface area contributed by atoms with E-state index in [0.29, 0.717) is 13.1 Å². The number of rotatable bonds is 6. The third kappa shape index (κ3) is 4.35. The Kier molecular flexibility index (Phi) is 5.06. The van der Waals surface area contributed by atoms with Crippen LogP contribution in [0.4, 0.5) is 0 Å². The molecule has 1 aromatic carbocycles. The van der Waals surface area contributed by atoms with Gasteiger partial charge in [0, 0.05) is 32.5 Å². The normalized spacial score (nSPS) is 11.8. The number of sulfonamides is 1. The molecule has 21 heavy (non-hydrogen) atoms. The molecule has 0 aliphatic heterocycles. The lowest BCUT2D eigenvalue weighted by Gasteiger charge is -2.17.